The Kier molecular flexibility index (Phi) is 7.33. The van der Waals surface area contributed by atoms with Gasteiger partial charge in [-0.3, -0.25) is 4.79 Å². The first-order valence-electron chi connectivity index (χ1n) is 11.0. The van der Waals surface area contributed by atoms with Crippen LogP contribution in [0.25, 0.3) is 5.57 Å². The number of hydrogen-bond acceptors (Lipinski definition) is 5. The summed E-state index contributed by atoms with van der Waals surface area (Å²) in [5.41, 5.74) is 1.37. The number of methoxy groups -OCH3 is 1. The van der Waals surface area contributed by atoms with Gasteiger partial charge in [0.05, 0.1) is 23.3 Å². The van der Waals surface area contributed by atoms with E-state index in [1.165, 1.54) is 7.11 Å². The van der Waals surface area contributed by atoms with Crippen molar-refractivity contribution in [1.82, 2.24) is 0 Å². The van der Waals surface area contributed by atoms with E-state index in [4.69, 9.17) is 37.4 Å². The van der Waals surface area contributed by atoms with Gasteiger partial charge in [0.15, 0.2) is 5.78 Å². The zero-order chi connectivity index (χ0) is 24.3. The molecule has 2 aromatic rings. The lowest BCUT2D eigenvalue weighted by Crippen LogP contribution is -2.36. The van der Waals surface area contributed by atoms with E-state index >= 15 is 0 Å². The molecule has 2 aromatic carbocycles. The third kappa shape index (κ3) is 5.00. The van der Waals surface area contributed by atoms with Crippen LogP contribution in [-0.2, 0) is 14.3 Å². The fourth-order valence-electron chi connectivity index (χ4n) is 4.56. The van der Waals surface area contributed by atoms with Crippen LogP contribution in [-0.4, -0.2) is 32.1 Å². The molecule has 2 aliphatic rings. The summed E-state index contributed by atoms with van der Waals surface area (Å²) in [5, 5.41) is 0.820. The van der Waals surface area contributed by atoms with Gasteiger partial charge in [-0.05, 0) is 61.6 Å². The predicted molar refractivity (Wildman–Crippen MR) is 131 cm³/mol. The minimum absolute atomic E-state index is 0.137. The van der Waals surface area contributed by atoms with Crippen LogP contribution in [0.2, 0.25) is 10.0 Å². The number of esters is 1. The van der Waals surface area contributed by atoms with E-state index in [1.807, 2.05) is 0 Å². The largest absolute Gasteiger partial charge is 0.496 e. The van der Waals surface area contributed by atoms with Crippen LogP contribution in [0, 0.1) is 17.3 Å². The second-order valence-electron chi connectivity index (χ2n) is 8.49. The van der Waals surface area contributed by atoms with E-state index in [0.29, 0.717) is 77.1 Å². The average Bonchev–Trinajstić information content (AvgIpc) is 2.80. The topological polar surface area (TPSA) is 61.8 Å². The third-order valence-electron chi connectivity index (χ3n) is 6.27. The molecule has 0 N–H and O–H groups in total. The Hall–Kier alpha value is -2.78. The summed E-state index contributed by atoms with van der Waals surface area (Å²) in [4.78, 5) is 26.7. The van der Waals surface area contributed by atoms with Crippen LogP contribution < -0.4 is 4.74 Å². The molecule has 1 fully saturated rings. The van der Waals surface area contributed by atoms with Gasteiger partial charge in [-0.25, -0.2) is 4.79 Å². The molecular weight excluding hydrogens is 475 g/mol. The molecular formula is C27H24Cl2O5. The van der Waals surface area contributed by atoms with Crippen LogP contribution in [0.4, 0.5) is 0 Å². The lowest BCUT2D eigenvalue weighted by molar-refractivity contribution is -0.119. The highest BCUT2D eigenvalue weighted by atomic mass is 35.5. The van der Waals surface area contributed by atoms with E-state index in [0.717, 1.165) is 0 Å². The van der Waals surface area contributed by atoms with Crippen molar-refractivity contribution in [1.29, 1.82) is 0 Å². The Labute approximate surface area is 209 Å². The first kappa shape index (κ1) is 24.3. The Bertz CT molecular complexity index is 1210. The summed E-state index contributed by atoms with van der Waals surface area (Å²) < 4.78 is 17.0. The molecule has 1 aliphatic carbocycles. The highest BCUT2D eigenvalue weighted by molar-refractivity contribution is 6.36. The molecule has 4 rings (SSSR count). The molecule has 0 aromatic heterocycles. The van der Waals surface area contributed by atoms with Crippen LogP contribution in [0.5, 0.6) is 5.75 Å². The van der Waals surface area contributed by atoms with E-state index in [9.17, 15) is 9.59 Å². The first-order chi connectivity index (χ1) is 16.4. The minimum atomic E-state index is -0.565. The van der Waals surface area contributed by atoms with Crippen molar-refractivity contribution in [2.24, 2.45) is 5.41 Å². The molecule has 1 spiro atoms. The number of ketones is 1. The summed E-state index contributed by atoms with van der Waals surface area (Å²) in [7, 11) is 1.51. The molecule has 1 heterocycles. The number of carbonyl (C=O) groups excluding carboxylic acids is 2. The fraction of sp³-hybridized carbons (Fsp3) is 0.333. The number of hydrogen-bond donors (Lipinski definition) is 0. The number of carbonyl (C=O) groups is 2. The molecule has 0 saturated carbocycles. The molecule has 176 valence electrons. The number of Topliss-reactive ketones (excluding diaryl/α,β-unsaturated/α-hetero) is 1. The fourth-order valence-corrected chi connectivity index (χ4v) is 4.99. The molecule has 0 bridgehead atoms. The Morgan fingerprint density at radius 2 is 1.79 bits per heavy atom. The maximum atomic E-state index is 13.6. The van der Waals surface area contributed by atoms with E-state index in [-0.39, 0.29) is 16.8 Å². The molecule has 0 unspecified atom stereocenters. The first-order valence-corrected chi connectivity index (χ1v) is 11.7. The molecule has 0 amide bonds. The van der Waals surface area contributed by atoms with Gasteiger partial charge in [-0.1, -0.05) is 29.1 Å². The van der Waals surface area contributed by atoms with Gasteiger partial charge in [0.2, 0.25) is 0 Å². The maximum absolute atomic E-state index is 13.6. The molecule has 1 aliphatic heterocycles. The third-order valence-corrected chi connectivity index (χ3v) is 6.82. The van der Waals surface area contributed by atoms with Crippen molar-refractivity contribution >= 4 is 40.5 Å². The predicted octanol–water partition coefficient (Wildman–Crippen LogP) is 6.10. The second kappa shape index (κ2) is 10.2. The second-order valence-corrected chi connectivity index (χ2v) is 9.34. The molecule has 1 saturated heterocycles. The maximum Gasteiger partial charge on any atom is 0.343 e. The molecule has 5 nitrogen and oxygen atoms in total. The summed E-state index contributed by atoms with van der Waals surface area (Å²) in [5.74, 6) is 5.78. The van der Waals surface area contributed by atoms with Crippen LogP contribution in [0.1, 0.15) is 54.1 Å². The average molecular weight is 499 g/mol. The van der Waals surface area contributed by atoms with Gasteiger partial charge in [0, 0.05) is 42.2 Å². The smallest absolute Gasteiger partial charge is 0.343 e. The van der Waals surface area contributed by atoms with E-state index < -0.39 is 5.97 Å². The minimum Gasteiger partial charge on any atom is -0.496 e. The van der Waals surface area contributed by atoms with Gasteiger partial charge in [-0.15, -0.1) is 5.92 Å². The van der Waals surface area contributed by atoms with Gasteiger partial charge < -0.3 is 14.2 Å². The van der Waals surface area contributed by atoms with Crippen molar-refractivity contribution in [3.63, 3.8) is 0 Å². The lowest BCUT2D eigenvalue weighted by atomic mass is 9.68. The summed E-state index contributed by atoms with van der Waals surface area (Å²) in [6.45, 7) is 2.86. The van der Waals surface area contributed by atoms with Crippen LogP contribution in [0.15, 0.2) is 42.2 Å². The quantitative estimate of drug-likeness (QED) is 0.376. The summed E-state index contributed by atoms with van der Waals surface area (Å²) in [6.07, 6.45) is 2.17. The van der Waals surface area contributed by atoms with Gasteiger partial charge >= 0.3 is 5.97 Å². The highest BCUT2D eigenvalue weighted by Gasteiger charge is 2.44. The van der Waals surface area contributed by atoms with E-state index in [2.05, 4.69) is 11.8 Å². The van der Waals surface area contributed by atoms with Crippen LogP contribution in [0.3, 0.4) is 0 Å². The monoisotopic (exact) mass is 498 g/mol. The number of rotatable bonds is 4. The standard InChI is InChI=1S/C27H24Cl2O5/c1-3-4-17-13-20(29)24(22(14-17)32-2)25-21(30)15-27(9-11-33-12-10-27)16-23(25)34-26(31)18-5-7-19(28)8-6-18/h5-8,13-14H,9-12,15-16H2,1-2H3. The molecule has 7 heteroatoms. The summed E-state index contributed by atoms with van der Waals surface area (Å²) >= 11 is 12.6. The SMILES string of the molecule is CC#Cc1cc(Cl)c(C2=C(OC(=O)c3ccc(Cl)cc3)CC3(CCOCC3)CC2=O)c(OC)c1. The molecule has 0 atom stereocenters. The van der Waals surface area contributed by atoms with Crippen molar-refractivity contribution in [3.8, 4) is 17.6 Å². The number of benzene rings is 2. The normalized spacial score (nSPS) is 17.2. The van der Waals surface area contributed by atoms with Gasteiger partial charge in [0.1, 0.15) is 11.5 Å². The van der Waals surface area contributed by atoms with Crippen LogP contribution >= 0.6 is 23.2 Å². The van der Waals surface area contributed by atoms with Gasteiger partial charge in [0.25, 0.3) is 0 Å². The number of allylic oxidation sites excluding steroid dienone is 2. The lowest BCUT2D eigenvalue weighted by Gasteiger charge is -2.40. The zero-order valence-corrected chi connectivity index (χ0v) is 20.5. The van der Waals surface area contributed by atoms with Gasteiger partial charge in [-0.2, -0.15) is 0 Å². The van der Waals surface area contributed by atoms with Crippen molar-refractivity contribution < 1.29 is 23.8 Å². The van der Waals surface area contributed by atoms with Crippen molar-refractivity contribution in [3.05, 3.63) is 68.9 Å². The Morgan fingerprint density at radius 3 is 2.44 bits per heavy atom. The molecule has 34 heavy (non-hydrogen) atoms. The number of ether oxygens (including phenoxy) is 3. The molecule has 0 radical (unpaired) electrons. The summed E-state index contributed by atoms with van der Waals surface area (Å²) in [6, 6.07) is 9.83. The van der Waals surface area contributed by atoms with Crippen molar-refractivity contribution in [2.45, 2.75) is 32.6 Å². The van der Waals surface area contributed by atoms with E-state index in [1.54, 1.807) is 43.3 Å². The Balaban J connectivity index is 1.84. The van der Waals surface area contributed by atoms with Crippen molar-refractivity contribution in [2.75, 3.05) is 20.3 Å². The Morgan fingerprint density at radius 1 is 1.09 bits per heavy atom. The number of halogens is 2. The zero-order valence-electron chi connectivity index (χ0n) is 19.0. The highest BCUT2D eigenvalue weighted by Crippen LogP contribution is 2.49.